The molecule has 0 aromatic heterocycles. The fourth-order valence-electron chi connectivity index (χ4n) is 2.61. The average Bonchev–Trinajstić information content (AvgIpc) is 3.36. The van der Waals surface area contributed by atoms with Gasteiger partial charge in [-0.3, -0.25) is 4.79 Å². The van der Waals surface area contributed by atoms with Crippen molar-refractivity contribution >= 4 is 34.0 Å². The highest BCUT2D eigenvalue weighted by atomic mass is 35.5. The van der Waals surface area contributed by atoms with Gasteiger partial charge in [0.05, 0.1) is 25.4 Å². The third-order valence-electron chi connectivity index (χ3n) is 4.33. The summed E-state index contributed by atoms with van der Waals surface area (Å²) in [6, 6.07) is 4.61. The lowest BCUT2D eigenvalue weighted by Crippen LogP contribution is -2.41. The number of nitrogens with one attached hydrogen (secondary N) is 1. The van der Waals surface area contributed by atoms with Crippen LogP contribution >= 0.6 is 12.4 Å². The van der Waals surface area contributed by atoms with E-state index < -0.39 is 15.6 Å². The van der Waals surface area contributed by atoms with Crippen molar-refractivity contribution in [3.63, 3.8) is 0 Å². The van der Waals surface area contributed by atoms with E-state index in [-0.39, 0.29) is 42.0 Å². The van der Waals surface area contributed by atoms with Crippen LogP contribution in [-0.2, 0) is 19.6 Å². The van der Waals surface area contributed by atoms with Crippen molar-refractivity contribution < 1.29 is 22.7 Å². The third kappa shape index (κ3) is 4.29. The second-order valence-electron chi connectivity index (χ2n) is 6.22. The van der Waals surface area contributed by atoms with Crippen molar-refractivity contribution in [3.05, 3.63) is 18.2 Å². The summed E-state index contributed by atoms with van der Waals surface area (Å²) in [5, 5.41) is 2.70. The van der Waals surface area contributed by atoms with Gasteiger partial charge in [0.2, 0.25) is 15.9 Å². The van der Waals surface area contributed by atoms with E-state index in [9.17, 15) is 13.2 Å². The number of hydrogen-bond donors (Lipinski definition) is 2. The number of nitrogens with two attached hydrogens (primary N) is 1. The summed E-state index contributed by atoms with van der Waals surface area (Å²) in [5.41, 5.74) is 5.43. The first-order chi connectivity index (χ1) is 11.9. The zero-order chi connectivity index (χ0) is 18.1. The molecule has 2 aliphatic rings. The number of nitrogens with zero attached hydrogens (tertiary/aromatic N) is 1. The van der Waals surface area contributed by atoms with Crippen molar-refractivity contribution in [2.45, 2.75) is 30.2 Å². The number of halogens is 1. The molecule has 1 aliphatic carbocycles. The number of benzene rings is 1. The van der Waals surface area contributed by atoms with E-state index in [4.69, 9.17) is 15.2 Å². The molecular formula is C16H24ClN3O5S. The maximum atomic E-state index is 13.0. The van der Waals surface area contributed by atoms with Gasteiger partial charge in [0, 0.05) is 18.8 Å². The number of anilines is 1. The van der Waals surface area contributed by atoms with Gasteiger partial charge in [0.15, 0.2) is 0 Å². The predicted molar refractivity (Wildman–Crippen MR) is 99.2 cm³/mol. The highest BCUT2D eigenvalue weighted by molar-refractivity contribution is 7.89. The van der Waals surface area contributed by atoms with Crippen molar-refractivity contribution in [3.8, 4) is 5.75 Å². The normalized spacial score (nSPS) is 19.3. The molecule has 1 aromatic carbocycles. The summed E-state index contributed by atoms with van der Waals surface area (Å²) in [4.78, 5) is 12.2. The van der Waals surface area contributed by atoms with E-state index in [1.54, 1.807) is 19.1 Å². The largest absolute Gasteiger partial charge is 0.492 e. The van der Waals surface area contributed by atoms with Gasteiger partial charge >= 0.3 is 0 Å². The number of carbonyl (C=O) groups excluding carboxylic acids is 1. The van der Waals surface area contributed by atoms with Crippen molar-refractivity contribution in [1.29, 1.82) is 0 Å². The minimum absolute atomic E-state index is 0. The van der Waals surface area contributed by atoms with Crippen molar-refractivity contribution in [2.24, 2.45) is 5.73 Å². The molecule has 0 radical (unpaired) electrons. The lowest BCUT2D eigenvalue weighted by molar-refractivity contribution is -0.118. The van der Waals surface area contributed by atoms with Crippen LogP contribution in [0.25, 0.3) is 0 Å². The minimum Gasteiger partial charge on any atom is -0.492 e. The van der Waals surface area contributed by atoms with E-state index >= 15 is 0 Å². The summed E-state index contributed by atoms with van der Waals surface area (Å²) in [6.45, 7) is 3.41. The van der Waals surface area contributed by atoms with Crippen LogP contribution in [0.4, 0.5) is 5.69 Å². The molecule has 0 atom stereocenters. The molecule has 0 bridgehead atoms. The Hall–Kier alpha value is -1.39. The number of carbonyl (C=O) groups is 1. The summed E-state index contributed by atoms with van der Waals surface area (Å²) in [5.74, 6) is -0.0349. The Morgan fingerprint density at radius 2 is 2.00 bits per heavy atom. The first-order valence-corrected chi connectivity index (χ1v) is 9.76. The fourth-order valence-corrected chi connectivity index (χ4v) is 4.17. The van der Waals surface area contributed by atoms with Gasteiger partial charge in [0.1, 0.15) is 10.6 Å². The van der Waals surface area contributed by atoms with Crippen molar-refractivity contribution in [2.75, 3.05) is 38.2 Å². The number of ether oxygens (including phenoxy) is 2. The molecule has 3 rings (SSSR count). The van der Waals surface area contributed by atoms with Crippen LogP contribution in [0.3, 0.4) is 0 Å². The van der Waals surface area contributed by atoms with Crippen molar-refractivity contribution in [1.82, 2.24) is 4.31 Å². The summed E-state index contributed by atoms with van der Waals surface area (Å²) in [6.07, 6.45) is 1.27. The Bertz CT molecular complexity index is 761. The zero-order valence-electron chi connectivity index (χ0n) is 14.6. The molecule has 10 heteroatoms. The van der Waals surface area contributed by atoms with Crippen LogP contribution in [-0.4, -0.2) is 57.1 Å². The average molecular weight is 406 g/mol. The van der Waals surface area contributed by atoms with E-state index in [0.717, 1.165) is 0 Å². The number of sulfonamides is 1. The molecular weight excluding hydrogens is 382 g/mol. The molecule has 0 spiro atoms. The van der Waals surface area contributed by atoms with E-state index in [2.05, 4.69) is 5.32 Å². The van der Waals surface area contributed by atoms with Gasteiger partial charge < -0.3 is 20.5 Å². The molecule has 1 saturated carbocycles. The molecule has 1 heterocycles. The van der Waals surface area contributed by atoms with Gasteiger partial charge in [-0.1, -0.05) is 0 Å². The lowest BCUT2D eigenvalue weighted by atomic mass is 10.2. The summed E-state index contributed by atoms with van der Waals surface area (Å²) in [7, 11) is -3.75. The number of hydrogen-bond acceptors (Lipinski definition) is 6. The molecule has 0 unspecified atom stereocenters. The number of morpholine rings is 1. The maximum absolute atomic E-state index is 13.0. The minimum atomic E-state index is -3.75. The van der Waals surface area contributed by atoms with Gasteiger partial charge in [-0.2, -0.15) is 4.31 Å². The molecule has 1 aromatic rings. The molecule has 1 aliphatic heterocycles. The van der Waals surface area contributed by atoms with Crippen LogP contribution in [0.5, 0.6) is 5.75 Å². The Morgan fingerprint density at radius 1 is 1.35 bits per heavy atom. The highest BCUT2D eigenvalue weighted by Gasteiger charge is 2.46. The summed E-state index contributed by atoms with van der Waals surface area (Å²) >= 11 is 0. The number of amides is 1. The monoisotopic (exact) mass is 405 g/mol. The number of rotatable bonds is 6. The second kappa shape index (κ2) is 8.10. The SMILES string of the molecule is CCOc1ccc(NC(=O)C2(N)CC2)cc1S(=O)(=O)N1CCOCC1.Cl. The van der Waals surface area contributed by atoms with Crippen LogP contribution in [0, 0.1) is 0 Å². The van der Waals surface area contributed by atoms with Gasteiger partial charge in [-0.25, -0.2) is 8.42 Å². The van der Waals surface area contributed by atoms with Crippen LogP contribution in [0.1, 0.15) is 19.8 Å². The van der Waals surface area contributed by atoms with Crippen LogP contribution in [0.2, 0.25) is 0 Å². The molecule has 2 fully saturated rings. The van der Waals surface area contributed by atoms with Crippen LogP contribution in [0.15, 0.2) is 23.1 Å². The molecule has 1 amide bonds. The highest BCUT2D eigenvalue weighted by Crippen LogP contribution is 2.35. The van der Waals surface area contributed by atoms with Crippen LogP contribution < -0.4 is 15.8 Å². The molecule has 146 valence electrons. The van der Waals surface area contributed by atoms with Gasteiger partial charge in [0.25, 0.3) is 0 Å². The van der Waals surface area contributed by atoms with E-state index in [0.29, 0.717) is 38.3 Å². The predicted octanol–water partition coefficient (Wildman–Crippen LogP) is 0.958. The quantitative estimate of drug-likeness (QED) is 0.729. The first-order valence-electron chi connectivity index (χ1n) is 8.32. The maximum Gasteiger partial charge on any atom is 0.246 e. The molecule has 8 nitrogen and oxygen atoms in total. The molecule has 1 saturated heterocycles. The Labute approximate surface area is 159 Å². The lowest BCUT2D eigenvalue weighted by Gasteiger charge is -2.27. The zero-order valence-corrected chi connectivity index (χ0v) is 16.2. The summed E-state index contributed by atoms with van der Waals surface area (Å²) < 4.78 is 38.0. The topological polar surface area (TPSA) is 111 Å². The third-order valence-corrected chi connectivity index (χ3v) is 6.25. The van der Waals surface area contributed by atoms with Gasteiger partial charge in [-0.05, 0) is 38.0 Å². The Kier molecular flexibility index (Phi) is 6.51. The molecule has 26 heavy (non-hydrogen) atoms. The smallest absolute Gasteiger partial charge is 0.246 e. The Morgan fingerprint density at radius 3 is 2.58 bits per heavy atom. The Balaban J connectivity index is 0.00000243. The standard InChI is InChI=1S/C16H23N3O5S.ClH/c1-2-24-13-4-3-12(18-15(20)16(17)5-6-16)11-14(13)25(21,22)19-7-9-23-10-8-19;/h3-4,11H,2,5-10,17H2,1H3,(H,18,20);1H. The van der Waals surface area contributed by atoms with Gasteiger partial charge in [-0.15, -0.1) is 12.4 Å². The first kappa shape index (κ1) is 20.9. The second-order valence-corrected chi connectivity index (χ2v) is 8.13. The van der Waals surface area contributed by atoms with E-state index in [1.807, 2.05) is 0 Å². The molecule has 3 N–H and O–H groups in total. The van der Waals surface area contributed by atoms with E-state index in [1.165, 1.54) is 10.4 Å². The fraction of sp³-hybridized carbons (Fsp3) is 0.562.